The quantitative estimate of drug-likeness (QED) is 0.0197. The maximum Gasteiger partial charge on any atom is 0.243 e. The Morgan fingerprint density at radius 1 is 0.519 bits per heavy atom. The molecule has 8 heterocycles. The summed E-state index contributed by atoms with van der Waals surface area (Å²) in [5.74, 6) is -4.60. The van der Waals surface area contributed by atoms with Crippen LogP contribution in [0.25, 0.3) is 9.66 Å². The van der Waals surface area contributed by atoms with E-state index in [9.17, 15) is 19.5 Å². The molecule has 6 aromatic carbocycles. The monoisotopic (exact) mass is 1530 g/mol. The minimum Gasteiger partial charge on any atom is -0.413 e. The van der Waals surface area contributed by atoms with Crippen LogP contribution in [0.2, 0.25) is 18.1 Å². The summed E-state index contributed by atoms with van der Waals surface area (Å²) in [6.07, 6.45) is 11.8. The molecule has 2 fully saturated rings. The highest BCUT2D eigenvalue weighted by atomic mass is 32.1. The third-order valence-corrected chi connectivity index (χ3v) is 37.7. The number of carbonyl (C=O) groups is 5. The fourth-order valence-corrected chi connectivity index (χ4v) is 28.2. The molecule has 1 N–H and O–H groups in total. The highest BCUT2D eigenvalue weighted by Crippen LogP contribution is 2.53. The lowest BCUT2D eigenvalue weighted by Gasteiger charge is -2.55. The van der Waals surface area contributed by atoms with Crippen molar-refractivity contribution < 1.29 is 43.0 Å². The van der Waals surface area contributed by atoms with E-state index in [2.05, 4.69) is 165 Å². The number of hydrogen-bond donors (Lipinski definition) is 1. The van der Waals surface area contributed by atoms with E-state index in [1.54, 1.807) is 73.7 Å². The van der Waals surface area contributed by atoms with Crippen molar-refractivity contribution in [3.05, 3.63) is 288 Å². The van der Waals surface area contributed by atoms with Crippen LogP contribution in [0.4, 0.5) is 0 Å². The number of ketones is 3. The van der Waals surface area contributed by atoms with Crippen LogP contribution in [0.15, 0.2) is 256 Å². The molecule has 12 aromatic rings. The van der Waals surface area contributed by atoms with E-state index in [1.165, 1.54) is 35.2 Å². The van der Waals surface area contributed by atoms with E-state index in [1.807, 2.05) is 128 Å². The number of aromatic nitrogens is 6. The number of ether oxygens (including phenoxy) is 2. The molecule has 6 aromatic heterocycles. The average molecular weight is 1530 g/mol. The van der Waals surface area contributed by atoms with Gasteiger partial charge in [0.05, 0.1) is 45.9 Å². The van der Waals surface area contributed by atoms with Crippen LogP contribution < -0.4 is 31.8 Å². The molecule has 0 bridgehead atoms. The molecule has 17 nitrogen and oxygen atoms in total. The Hall–Kier alpha value is -9.43. The number of aliphatic hydroxyl groups excluding tert-OH is 1. The Morgan fingerprint density at radius 3 is 1.28 bits per heavy atom. The molecular formula is C86H90N8O9P2S2Si. The predicted octanol–water partition coefficient (Wildman–Crippen LogP) is 13.7. The number of imidazole rings is 2. The number of hydrogen-bond acceptors (Lipinski definition) is 15. The van der Waals surface area contributed by atoms with Crippen LogP contribution in [0.5, 0.6) is 0 Å². The van der Waals surface area contributed by atoms with Crippen LogP contribution in [0, 0.1) is 23.7 Å². The molecular weight excluding hydrogens is 1440 g/mol. The number of methoxy groups -OCH3 is 2. The summed E-state index contributed by atoms with van der Waals surface area (Å²) in [6, 6.07) is 68.3. The molecule has 2 aliphatic heterocycles. The SMILES string of the molecule is CC(N1C(=O)[C@H]([C@@H](C)O)[C@H]1[C@@H](C)C(=O)c1cn2cnc(C(=O)c3cccnc3)c2s1)=P(c1ccccc1)(c1ccccc1)c1ccccc1.COC(OC)(c1cccnc1)c1ncn2cc(C(=O)[C@H](C)[C@@H]3[C@@H]([C@@H](C)O[Si](C)(C)C(C)(C)C)C(=O)N3C(C)=P(c3ccccc3)(c3ccccc3)c3ccccc3)sc12. The van der Waals surface area contributed by atoms with E-state index in [-0.39, 0.29) is 39.9 Å². The van der Waals surface area contributed by atoms with Gasteiger partial charge in [0.15, 0.2) is 19.9 Å². The zero-order chi connectivity index (χ0) is 76.6. The second kappa shape index (κ2) is 31.3. The summed E-state index contributed by atoms with van der Waals surface area (Å²) >= 11 is 2.55. The first-order chi connectivity index (χ1) is 51.9. The molecule has 0 saturated carbocycles. The van der Waals surface area contributed by atoms with Crippen molar-refractivity contribution in [2.45, 2.75) is 111 Å². The number of aliphatic hydroxyl groups is 1. The smallest absolute Gasteiger partial charge is 0.243 e. The van der Waals surface area contributed by atoms with E-state index in [4.69, 9.17) is 18.9 Å². The van der Waals surface area contributed by atoms with E-state index < -0.39 is 75.8 Å². The molecule has 14 rings (SSSR count). The molecule has 2 saturated heterocycles. The lowest BCUT2D eigenvalue weighted by atomic mass is 9.75. The third kappa shape index (κ3) is 13.4. The number of nitrogens with zero attached hydrogens (tertiary/aromatic N) is 8. The van der Waals surface area contributed by atoms with Gasteiger partial charge in [0.1, 0.15) is 33.7 Å². The molecule has 8 atom stereocenters. The standard InChI is InChI=1S/C47H55N4O5PSSi.C39H35N4O4PS/c1-32(42(52)39-30-50-31-49-43(45(50)58-39)47(54-7,55-8)35-21-20-28-48-29-35)41-40(33(2)56-59(9,10)46(4,5)6)44(53)51(41)34(3)57(36-22-14-11-15-23-36,37-24-16-12-17-25-37)38-26-18-13-19-27-38;1-25(36(45)32-23-42-24-41-34(39(42)49-32)37(46)28-14-13-21-40-22-28)35-33(26(2)44)38(47)43(35)27(3)48(29-15-7-4-8-16-29,30-17-9-5-10-18-30)31-19-11-6-12-20-31/h11-33,40-41H,1-10H3;4-26,33,35,44H,1-3H3/t32-,33-,40-,41-;25-,26-,33-,35-/m11/s1. The van der Waals surface area contributed by atoms with Gasteiger partial charge >= 0.3 is 0 Å². The first kappa shape index (κ1) is 76.8. The fourth-order valence-electron chi connectivity index (χ4n) is 15.6. The van der Waals surface area contributed by atoms with Gasteiger partial charge in [-0.15, -0.1) is 22.7 Å². The fraction of sp³-hybridized carbons (Fsp3) is 0.267. The second-order valence-corrected chi connectivity index (χ2v) is 43.1. The third-order valence-electron chi connectivity index (χ3n) is 22.0. The van der Waals surface area contributed by atoms with Crippen molar-refractivity contribution in [1.82, 2.24) is 38.5 Å². The topological polar surface area (TPSA) is 200 Å². The number of amides is 2. The largest absolute Gasteiger partial charge is 0.413 e. The van der Waals surface area contributed by atoms with Crippen LogP contribution in [-0.4, -0.2) is 130 Å². The summed E-state index contributed by atoms with van der Waals surface area (Å²) < 4.78 is 22.6. The second-order valence-electron chi connectivity index (χ2n) is 29.2. The first-order valence-electron chi connectivity index (χ1n) is 36.2. The highest BCUT2D eigenvalue weighted by molar-refractivity contribution is 7.95. The predicted molar refractivity (Wildman–Crippen MR) is 439 cm³/mol. The normalized spacial score (nSPS) is 17.4. The molecule has 2 amide bonds. The Kier molecular flexibility index (Phi) is 22.2. The van der Waals surface area contributed by atoms with Crippen LogP contribution in [0.1, 0.15) is 109 Å². The molecule has 0 unspecified atom stereocenters. The average Bonchev–Trinajstić information content (AvgIpc) is 0.880. The van der Waals surface area contributed by atoms with Crippen molar-refractivity contribution in [2.75, 3.05) is 14.2 Å². The number of likely N-dealkylation sites (tertiary alicyclic amines) is 2. The Bertz CT molecular complexity index is 5160. The highest BCUT2D eigenvalue weighted by Gasteiger charge is 2.59. The van der Waals surface area contributed by atoms with Gasteiger partial charge in [0.2, 0.25) is 23.4 Å². The lowest BCUT2D eigenvalue weighted by molar-refractivity contribution is -0.185. The van der Waals surface area contributed by atoms with E-state index >= 15 is 9.59 Å². The van der Waals surface area contributed by atoms with Crippen LogP contribution >= 0.6 is 36.4 Å². The Labute approximate surface area is 640 Å². The van der Waals surface area contributed by atoms with E-state index in [0.29, 0.717) is 36.2 Å². The van der Waals surface area contributed by atoms with Crippen molar-refractivity contribution in [3.8, 4) is 0 Å². The van der Waals surface area contributed by atoms with Crippen molar-refractivity contribution >= 4 is 126 Å². The minimum absolute atomic E-state index is 0.0160. The number of benzene rings is 6. The van der Waals surface area contributed by atoms with Crippen LogP contribution in [0.3, 0.4) is 0 Å². The van der Waals surface area contributed by atoms with Crippen molar-refractivity contribution in [2.24, 2.45) is 23.7 Å². The summed E-state index contributed by atoms with van der Waals surface area (Å²) in [4.78, 5) is 95.5. The minimum atomic E-state index is -2.65. The number of rotatable bonds is 24. The number of β-lactam (4-membered cyclic amide) rings is 2. The van der Waals surface area contributed by atoms with Gasteiger partial charge in [-0.1, -0.05) is 223 Å². The Morgan fingerprint density at radius 2 is 0.898 bits per heavy atom. The van der Waals surface area contributed by atoms with E-state index in [0.717, 1.165) is 42.7 Å². The van der Waals surface area contributed by atoms with Crippen molar-refractivity contribution in [1.29, 1.82) is 0 Å². The number of pyridine rings is 2. The maximum atomic E-state index is 15.2. The summed E-state index contributed by atoms with van der Waals surface area (Å²) in [7, 11) is 0.833. The zero-order valence-electron chi connectivity index (χ0n) is 62.9. The molecule has 0 spiro atoms. The number of Topliss-reactive ketones (excluding diaryl/α,β-unsaturated/α-hetero) is 2. The van der Waals surface area contributed by atoms with Gasteiger partial charge in [-0.05, 0) is 110 Å². The maximum absolute atomic E-state index is 15.2. The molecule has 0 radical (unpaired) electrons. The number of fused-ring (bicyclic) bond motifs is 2. The summed E-state index contributed by atoms with van der Waals surface area (Å²) in [5, 5.41) is 17.5. The zero-order valence-corrected chi connectivity index (χ0v) is 67.3. The Balaban J connectivity index is 0.000000194. The van der Waals surface area contributed by atoms with Gasteiger partial charge in [0.25, 0.3) is 0 Å². The van der Waals surface area contributed by atoms with Gasteiger partial charge in [0, 0.05) is 85.2 Å². The van der Waals surface area contributed by atoms with Gasteiger partial charge in [-0.25, -0.2) is 9.97 Å². The van der Waals surface area contributed by atoms with Gasteiger partial charge < -0.3 is 28.8 Å². The number of thiazole rings is 2. The molecule has 108 heavy (non-hydrogen) atoms. The van der Waals surface area contributed by atoms with Gasteiger partial charge in [-0.2, -0.15) is 0 Å². The van der Waals surface area contributed by atoms with Crippen LogP contribution in [-0.2, 0) is 29.3 Å². The summed E-state index contributed by atoms with van der Waals surface area (Å²) in [6.45, 7) is 17.3. The molecule has 22 heteroatoms. The lowest BCUT2D eigenvalue weighted by Crippen LogP contribution is -2.70. The van der Waals surface area contributed by atoms with Crippen molar-refractivity contribution in [3.63, 3.8) is 0 Å². The molecule has 554 valence electrons. The van der Waals surface area contributed by atoms with Gasteiger partial charge in [-0.3, -0.25) is 42.7 Å². The number of carbonyl (C=O) groups excluding carboxylic acids is 5. The molecule has 0 aliphatic carbocycles. The first-order valence-corrected chi connectivity index (χ1v) is 44.3. The molecule has 2 aliphatic rings. The summed E-state index contributed by atoms with van der Waals surface area (Å²) in [5.41, 5.74) is 3.66.